The summed E-state index contributed by atoms with van der Waals surface area (Å²) in [7, 11) is -3.23. The number of aromatic nitrogens is 1. The minimum atomic E-state index is -3.23. The van der Waals surface area contributed by atoms with Crippen molar-refractivity contribution in [3.63, 3.8) is 0 Å². The molecule has 0 unspecified atom stereocenters. The third-order valence-corrected chi connectivity index (χ3v) is 6.34. The lowest BCUT2D eigenvalue weighted by molar-refractivity contribution is 0.445. The zero-order valence-electron chi connectivity index (χ0n) is 15.4. The molecule has 1 aromatic rings. The van der Waals surface area contributed by atoms with Crippen LogP contribution in [0.1, 0.15) is 30.7 Å². The lowest BCUT2D eigenvalue weighted by Gasteiger charge is -2.17. The third kappa shape index (κ3) is 9.15. The maximum atomic E-state index is 12.1. The van der Waals surface area contributed by atoms with E-state index >= 15 is 0 Å². The highest BCUT2D eigenvalue weighted by Gasteiger charge is 2.17. The van der Waals surface area contributed by atoms with Gasteiger partial charge in [0.05, 0.1) is 17.3 Å². The minimum absolute atomic E-state index is 0. The fourth-order valence-electron chi connectivity index (χ4n) is 2.17. The van der Waals surface area contributed by atoms with Crippen LogP contribution in [0.15, 0.2) is 11.2 Å². The molecule has 10 heteroatoms. The summed E-state index contributed by atoms with van der Waals surface area (Å²) in [5, 5.41) is 7.43. The second-order valence-corrected chi connectivity index (χ2v) is 8.61. The zero-order valence-corrected chi connectivity index (χ0v) is 19.4. The Morgan fingerprint density at radius 1 is 1.28 bits per heavy atom. The summed E-state index contributed by atoms with van der Waals surface area (Å²) < 4.78 is 25.8. The van der Waals surface area contributed by atoms with E-state index in [0.717, 1.165) is 18.0 Å². The van der Waals surface area contributed by atoms with Crippen molar-refractivity contribution in [2.24, 2.45) is 4.99 Å². The summed E-state index contributed by atoms with van der Waals surface area (Å²) >= 11 is 1.69. The van der Waals surface area contributed by atoms with Crippen molar-refractivity contribution in [2.45, 2.75) is 34.1 Å². The van der Waals surface area contributed by atoms with Gasteiger partial charge in [0.1, 0.15) is 0 Å². The molecule has 0 aliphatic heterocycles. The van der Waals surface area contributed by atoms with Crippen LogP contribution in [0.5, 0.6) is 0 Å². The van der Waals surface area contributed by atoms with Crippen molar-refractivity contribution in [1.29, 1.82) is 0 Å². The molecule has 25 heavy (non-hydrogen) atoms. The number of nitrogens with zero attached hydrogens (tertiary/aromatic N) is 3. The summed E-state index contributed by atoms with van der Waals surface area (Å²) in [6, 6.07) is 0. The van der Waals surface area contributed by atoms with E-state index in [0.29, 0.717) is 25.6 Å². The number of guanidine groups is 1. The van der Waals surface area contributed by atoms with Crippen LogP contribution in [-0.4, -0.2) is 62.1 Å². The topological polar surface area (TPSA) is 86.7 Å². The maximum absolute atomic E-state index is 12.1. The number of aliphatic imine (C=N–C) groups is 1. The van der Waals surface area contributed by atoms with Gasteiger partial charge in [0.2, 0.25) is 10.0 Å². The van der Waals surface area contributed by atoms with E-state index in [1.807, 2.05) is 33.9 Å². The largest absolute Gasteiger partial charge is 0.357 e. The van der Waals surface area contributed by atoms with E-state index in [1.165, 1.54) is 9.18 Å². The molecule has 0 aliphatic rings. The van der Waals surface area contributed by atoms with Crippen LogP contribution in [0.4, 0.5) is 0 Å². The monoisotopic (exact) mass is 503 g/mol. The lowest BCUT2D eigenvalue weighted by atomic mass is 10.4. The smallest absolute Gasteiger partial charge is 0.215 e. The number of rotatable bonds is 10. The summed E-state index contributed by atoms with van der Waals surface area (Å²) in [6.45, 7) is 10.4. The molecule has 0 saturated heterocycles. The van der Waals surface area contributed by atoms with Crippen molar-refractivity contribution in [3.8, 4) is 0 Å². The Bertz CT molecular complexity index is 615. The number of halogens is 1. The first-order valence-corrected chi connectivity index (χ1v) is 10.8. The molecular weight excluding hydrogens is 473 g/mol. The average Bonchev–Trinajstić information content (AvgIpc) is 2.93. The number of thiazole rings is 1. The Kier molecular flexibility index (Phi) is 12.6. The third-order valence-electron chi connectivity index (χ3n) is 3.36. The molecule has 2 N–H and O–H groups in total. The molecule has 0 aromatic carbocycles. The van der Waals surface area contributed by atoms with E-state index in [-0.39, 0.29) is 36.3 Å². The Morgan fingerprint density at radius 2 is 1.96 bits per heavy atom. The Morgan fingerprint density at radius 3 is 2.48 bits per heavy atom. The van der Waals surface area contributed by atoms with E-state index in [4.69, 9.17) is 0 Å². The number of hydrogen-bond donors (Lipinski definition) is 2. The Labute approximate surface area is 172 Å². The normalized spacial score (nSPS) is 12.1. The van der Waals surface area contributed by atoms with Gasteiger partial charge < -0.3 is 10.6 Å². The molecule has 1 rings (SSSR count). The van der Waals surface area contributed by atoms with Crippen LogP contribution in [0.3, 0.4) is 0 Å². The summed E-state index contributed by atoms with van der Waals surface area (Å²) in [6.07, 6.45) is 2.69. The molecule has 1 heterocycles. The van der Waals surface area contributed by atoms with Gasteiger partial charge in [0, 0.05) is 43.7 Å². The number of hydrogen-bond acceptors (Lipinski definition) is 5. The predicted octanol–water partition coefficient (Wildman–Crippen LogP) is 1.84. The van der Waals surface area contributed by atoms with Crippen LogP contribution in [-0.2, 0) is 16.4 Å². The van der Waals surface area contributed by atoms with Crippen LogP contribution >= 0.6 is 35.3 Å². The van der Waals surface area contributed by atoms with Crippen molar-refractivity contribution >= 4 is 51.3 Å². The fourth-order valence-corrected chi connectivity index (χ4v) is 4.32. The van der Waals surface area contributed by atoms with E-state index < -0.39 is 10.0 Å². The second-order valence-electron chi connectivity index (χ2n) is 5.20. The van der Waals surface area contributed by atoms with Crippen LogP contribution < -0.4 is 10.6 Å². The molecule has 0 fully saturated rings. The van der Waals surface area contributed by atoms with Crippen LogP contribution in [0.2, 0.25) is 0 Å². The lowest BCUT2D eigenvalue weighted by Crippen LogP contribution is -2.39. The molecule has 0 aliphatic carbocycles. The standard InChI is InChI=1S/C15H29N5O2S2.HI/c1-5-16-15(17-9-8-14-19-12-13(4)23-14)18-10-11-24(21,22)20(6-2)7-3;/h12H,5-11H2,1-4H3,(H2,16,17,18);1H. The molecule has 7 nitrogen and oxygen atoms in total. The zero-order chi connectivity index (χ0) is 18.0. The summed E-state index contributed by atoms with van der Waals surface area (Å²) in [5.41, 5.74) is 0. The molecule has 0 amide bonds. The highest BCUT2D eigenvalue weighted by atomic mass is 127. The van der Waals surface area contributed by atoms with E-state index in [2.05, 4.69) is 20.6 Å². The molecule has 0 radical (unpaired) electrons. The van der Waals surface area contributed by atoms with Gasteiger partial charge in [-0.3, -0.25) is 4.99 Å². The minimum Gasteiger partial charge on any atom is -0.357 e. The first-order chi connectivity index (χ1) is 11.4. The van der Waals surface area contributed by atoms with Crippen molar-refractivity contribution in [2.75, 3.05) is 38.5 Å². The molecule has 0 spiro atoms. The fraction of sp³-hybridized carbons (Fsp3) is 0.733. The van der Waals surface area contributed by atoms with Gasteiger partial charge in [-0.2, -0.15) is 0 Å². The Balaban J connectivity index is 0.00000576. The van der Waals surface area contributed by atoms with Gasteiger partial charge >= 0.3 is 0 Å². The summed E-state index contributed by atoms with van der Waals surface area (Å²) in [5.74, 6) is 0.664. The molecule has 1 aromatic heterocycles. The van der Waals surface area contributed by atoms with Gasteiger partial charge in [0.15, 0.2) is 5.96 Å². The van der Waals surface area contributed by atoms with Gasteiger partial charge in [-0.05, 0) is 13.8 Å². The van der Waals surface area contributed by atoms with Crippen molar-refractivity contribution in [3.05, 3.63) is 16.1 Å². The van der Waals surface area contributed by atoms with Crippen LogP contribution in [0, 0.1) is 6.92 Å². The van der Waals surface area contributed by atoms with Gasteiger partial charge in [0.25, 0.3) is 0 Å². The van der Waals surface area contributed by atoms with Gasteiger partial charge in [-0.25, -0.2) is 17.7 Å². The highest BCUT2D eigenvalue weighted by molar-refractivity contribution is 14.0. The predicted molar refractivity (Wildman–Crippen MR) is 117 cm³/mol. The molecule has 146 valence electrons. The van der Waals surface area contributed by atoms with Gasteiger partial charge in [-0.1, -0.05) is 13.8 Å². The van der Waals surface area contributed by atoms with Crippen molar-refractivity contribution in [1.82, 2.24) is 19.9 Å². The summed E-state index contributed by atoms with van der Waals surface area (Å²) in [4.78, 5) is 9.88. The molecule has 0 atom stereocenters. The first-order valence-electron chi connectivity index (χ1n) is 8.34. The SMILES string of the molecule is CCNC(=NCCS(=O)(=O)N(CC)CC)NCCc1ncc(C)s1.I. The number of aryl methyl sites for hydroxylation is 1. The Hall–Kier alpha value is -0.460. The van der Waals surface area contributed by atoms with Crippen LogP contribution in [0.25, 0.3) is 0 Å². The highest BCUT2D eigenvalue weighted by Crippen LogP contribution is 2.10. The maximum Gasteiger partial charge on any atom is 0.215 e. The average molecular weight is 503 g/mol. The number of nitrogens with one attached hydrogen (secondary N) is 2. The molecular formula is C15H30IN5O2S2. The van der Waals surface area contributed by atoms with E-state index in [1.54, 1.807) is 11.3 Å². The van der Waals surface area contributed by atoms with E-state index in [9.17, 15) is 8.42 Å². The van der Waals surface area contributed by atoms with Gasteiger partial charge in [-0.15, -0.1) is 35.3 Å². The molecule has 0 bridgehead atoms. The van der Waals surface area contributed by atoms with Crippen molar-refractivity contribution < 1.29 is 8.42 Å². The quantitative estimate of drug-likeness (QED) is 0.289. The number of sulfonamides is 1. The first kappa shape index (κ1) is 24.5. The second kappa shape index (κ2) is 12.8. The molecule has 0 saturated carbocycles.